The fraction of sp³-hybridized carbons (Fsp3) is 0.588. The quantitative estimate of drug-likeness (QED) is 0.893. The predicted molar refractivity (Wildman–Crippen MR) is 82.2 cm³/mol. The largest absolute Gasteiger partial charge is 0.319 e. The lowest BCUT2D eigenvalue weighted by molar-refractivity contribution is -0.132. The number of nitrogens with one attached hydrogen (secondary N) is 1. The summed E-state index contributed by atoms with van der Waals surface area (Å²) in [5.74, 6) is 0.616. The van der Waals surface area contributed by atoms with E-state index < -0.39 is 0 Å². The van der Waals surface area contributed by atoms with Crippen LogP contribution < -0.4 is 5.32 Å². The van der Waals surface area contributed by atoms with E-state index in [9.17, 15) is 4.79 Å². The second-order valence-electron chi connectivity index (χ2n) is 5.85. The van der Waals surface area contributed by atoms with Crippen LogP contribution in [0.25, 0.3) is 0 Å². The lowest BCUT2D eigenvalue weighted by Gasteiger charge is -2.30. The van der Waals surface area contributed by atoms with Gasteiger partial charge in [0.1, 0.15) is 6.17 Å². The summed E-state index contributed by atoms with van der Waals surface area (Å²) in [5, 5.41) is 3.55. The van der Waals surface area contributed by atoms with Crippen LogP contribution in [0.15, 0.2) is 30.3 Å². The highest BCUT2D eigenvalue weighted by Crippen LogP contribution is 2.31. The Bertz CT molecular complexity index is 446. The van der Waals surface area contributed by atoms with Crippen LogP contribution in [0.2, 0.25) is 0 Å². The summed E-state index contributed by atoms with van der Waals surface area (Å²) >= 11 is 0. The summed E-state index contributed by atoms with van der Waals surface area (Å²) in [4.78, 5) is 14.8. The summed E-state index contributed by atoms with van der Waals surface area (Å²) in [7, 11) is 0. The van der Waals surface area contributed by atoms with E-state index in [0.29, 0.717) is 5.92 Å². The molecule has 2 rings (SSSR count). The molecule has 1 amide bonds. The van der Waals surface area contributed by atoms with Gasteiger partial charge in [0.05, 0.1) is 6.04 Å². The van der Waals surface area contributed by atoms with Crippen LogP contribution in [0.4, 0.5) is 0 Å². The minimum atomic E-state index is -0.0563. The molecule has 1 saturated heterocycles. The van der Waals surface area contributed by atoms with Gasteiger partial charge in [0.25, 0.3) is 0 Å². The van der Waals surface area contributed by atoms with Crippen LogP contribution >= 0.6 is 0 Å². The van der Waals surface area contributed by atoms with Gasteiger partial charge < -0.3 is 4.90 Å². The minimum absolute atomic E-state index is 0.0117. The summed E-state index contributed by atoms with van der Waals surface area (Å²) < 4.78 is 0. The van der Waals surface area contributed by atoms with Crippen LogP contribution in [0.5, 0.6) is 0 Å². The van der Waals surface area contributed by atoms with E-state index in [4.69, 9.17) is 0 Å². The van der Waals surface area contributed by atoms with E-state index >= 15 is 0 Å². The molecule has 20 heavy (non-hydrogen) atoms. The maximum atomic E-state index is 12.8. The second-order valence-corrected chi connectivity index (χ2v) is 5.85. The molecule has 1 aromatic rings. The van der Waals surface area contributed by atoms with E-state index in [2.05, 4.69) is 45.1 Å². The molecule has 1 aromatic carbocycles. The lowest BCUT2D eigenvalue weighted by atomic mass is 9.99. The molecule has 0 radical (unpaired) electrons. The molecular formula is C17H26N2O. The average molecular weight is 274 g/mol. The first kappa shape index (κ1) is 15.0. The molecular weight excluding hydrogens is 248 g/mol. The standard InChI is InChI=1S/C17H26N2O/c1-5-12(3)15-17(20)19(13(4)6-2)16(18-15)14-10-8-7-9-11-14/h7-13,15-16,18H,5-6H2,1-4H3. The molecule has 0 aromatic heterocycles. The molecule has 0 spiro atoms. The van der Waals surface area contributed by atoms with Gasteiger partial charge in [-0.25, -0.2) is 0 Å². The third-order valence-corrected chi connectivity index (χ3v) is 4.53. The SMILES string of the molecule is CCC(C)C1NC(c2ccccc2)N(C(C)CC)C1=O. The Hall–Kier alpha value is -1.35. The van der Waals surface area contributed by atoms with Crippen LogP contribution in [0.3, 0.4) is 0 Å². The summed E-state index contributed by atoms with van der Waals surface area (Å²) in [6.45, 7) is 8.56. The van der Waals surface area contributed by atoms with Crippen molar-refractivity contribution in [2.75, 3.05) is 0 Å². The number of nitrogens with zero attached hydrogens (tertiary/aromatic N) is 1. The molecule has 0 aliphatic carbocycles. The molecule has 1 aliphatic rings. The Balaban J connectivity index is 2.31. The minimum Gasteiger partial charge on any atom is -0.319 e. The lowest BCUT2D eigenvalue weighted by Crippen LogP contribution is -2.39. The first-order chi connectivity index (χ1) is 9.60. The van der Waals surface area contributed by atoms with E-state index in [1.807, 2.05) is 23.1 Å². The van der Waals surface area contributed by atoms with Gasteiger partial charge in [0.15, 0.2) is 0 Å². The van der Waals surface area contributed by atoms with Gasteiger partial charge >= 0.3 is 0 Å². The number of amides is 1. The molecule has 0 bridgehead atoms. The zero-order chi connectivity index (χ0) is 14.7. The molecule has 3 heteroatoms. The number of rotatable bonds is 5. The monoisotopic (exact) mass is 274 g/mol. The van der Waals surface area contributed by atoms with Crippen molar-refractivity contribution in [1.29, 1.82) is 0 Å². The molecule has 4 unspecified atom stereocenters. The molecule has 110 valence electrons. The molecule has 0 saturated carbocycles. The van der Waals surface area contributed by atoms with Gasteiger partial charge in [-0.05, 0) is 24.8 Å². The third-order valence-electron chi connectivity index (χ3n) is 4.53. The Morgan fingerprint density at radius 3 is 2.35 bits per heavy atom. The molecule has 1 aliphatic heterocycles. The Morgan fingerprint density at radius 1 is 1.15 bits per heavy atom. The van der Waals surface area contributed by atoms with Crippen molar-refractivity contribution in [2.45, 2.75) is 58.8 Å². The molecule has 1 fully saturated rings. The normalized spacial score (nSPS) is 25.8. The highest BCUT2D eigenvalue weighted by Gasteiger charge is 2.43. The van der Waals surface area contributed by atoms with E-state index in [0.717, 1.165) is 12.8 Å². The number of hydrogen-bond donors (Lipinski definition) is 1. The van der Waals surface area contributed by atoms with Crippen molar-refractivity contribution in [3.63, 3.8) is 0 Å². The van der Waals surface area contributed by atoms with Crippen LogP contribution in [-0.4, -0.2) is 22.9 Å². The first-order valence-electron chi connectivity index (χ1n) is 7.73. The third kappa shape index (κ3) is 2.73. The number of carbonyl (C=O) groups excluding carboxylic acids is 1. The zero-order valence-corrected chi connectivity index (χ0v) is 13.0. The van der Waals surface area contributed by atoms with Gasteiger partial charge in [0.2, 0.25) is 5.91 Å². The van der Waals surface area contributed by atoms with Crippen molar-refractivity contribution < 1.29 is 4.79 Å². The summed E-state index contributed by atoms with van der Waals surface area (Å²) in [6, 6.07) is 10.5. The number of hydrogen-bond acceptors (Lipinski definition) is 2. The molecule has 4 atom stereocenters. The number of benzene rings is 1. The van der Waals surface area contributed by atoms with E-state index in [1.165, 1.54) is 5.56 Å². The topological polar surface area (TPSA) is 32.3 Å². The fourth-order valence-electron chi connectivity index (χ4n) is 2.81. The van der Waals surface area contributed by atoms with Gasteiger partial charge in [-0.1, -0.05) is 57.5 Å². The molecule has 1 heterocycles. The van der Waals surface area contributed by atoms with Gasteiger partial charge in [-0.15, -0.1) is 0 Å². The van der Waals surface area contributed by atoms with Crippen LogP contribution in [0.1, 0.15) is 52.3 Å². The smallest absolute Gasteiger partial charge is 0.241 e. The highest BCUT2D eigenvalue weighted by atomic mass is 16.2. The maximum Gasteiger partial charge on any atom is 0.241 e. The van der Waals surface area contributed by atoms with Crippen molar-refractivity contribution in [2.24, 2.45) is 5.92 Å². The Labute approximate surface area is 122 Å². The summed E-state index contributed by atoms with van der Waals surface area (Å²) in [6.07, 6.45) is 2.00. The van der Waals surface area contributed by atoms with Gasteiger partial charge in [-0.3, -0.25) is 10.1 Å². The highest BCUT2D eigenvalue weighted by molar-refractivity contribution is 5.85. The van der Waals surface area contributed by atoms with Crippen molar-refractivity contribution in [1.82, 2.24) is 10.2 Å². The maximum absolute atomic E-state index is 12.8. The average Bonchev–Trinajstić information content (AvgIpc) is 2.84. The van der Waals surface area contributed by atoms with Crippen LogP contribution in [-0.2, 0) is 4.79 Å². The Kier molecular flexibility index (Phi) is 4.81. The zero-order valence-electron chi connectivity index (χ0n) is 13.0. The fourth-order valence-corrected chi connectivity index (χ4v) is 2.81. The van der Waals surface area contributed by atoms with Crippen LogP contribution in [0, 0.1) is 5.92 Å². The second kappa shape index (κ2) is 6.40. The predicted octanol–water partition coefficient (Wildman–Crippen LogP) is 3.33. The summed E-state index contributed by atoms with van der Waals surface area (Å²) in [5.41, 5.74) is 1.17. The molecule has 3 nitrogen and oxygen atoms in total. The van der Waals surface area contributed by atoms with E-state index in [1.54, 1.807) is 0 Å². The number of carbonyl (C=O) groups is 1. The Morgan fingerprint density at radius 2 is 1.80 bits per heavy atom. The van der Waals surface area contributed by atoms with Crippen molar-refractivity contribution in [3.05, 3.63) is 35.9 Å². The first-order valence-corrected chi connectivity index (χ1v) is 7.73. The van der Waals surface area contributed by atoms with Gasteiger partial charge in [0, 0.05) is 6.04 Å². The van der Waals surface area contributed by atoms with E-state index in [-0.39, 0.29) is 24.2 Å². The van der Waals surface area contributed by atoms with Crippen molar-refractivity contribution >= 4 is 5.91 Å². The van der Waals surface area contributed by atoms with Crippen molar-refractivity contribution in [3.8, 4) is 0 Å². The molecule has 1 N–H and O–H groups in total. The van der Waals surface area contributed by atoms with Gasteiger partial charge in [-0.2, -0.15) is 0 Å².